The molecule has 2 atom stereocenters. The van der Waals surface area contributed by atoms with Crippen LogP contribution in [-0.2, 0) is 32.7 Å². The first-order valence-corrected chi connectivity index (χ1v) is 33.0. The van der Waals surface area contributed by atoms with Gasteiger partial charge < -0.3 is 20.1 Å². The lowest BCUT2D eigenvalue weighted by molar-refractivity contribution is -0.161. The van der Waals surface area contributed by atoms with Crippen molar-refractivity contribution in [2.45, 2.75) is 354 Å². The van der Waals surface area contributed by atoms with Crippen LogP contribution in [0.25, 0.3) is 0 Å². The Bertz CT molecular complexity index is 1130. The summed E-state index contributed by atoms with van der Waals surface area (Å²) in [6.45, 7) is 3.83. The molecule has 0 rings (SSSR count). The molecule has 0 bridgehead atoms. The van der Waals surface area contributed by atoms with E-state index in [2.05, 4.69) is 13.8 Å². The average Bonchev–Trinajstić information content (AvgIpc) is 3.36. The molecule has 0 aromatic rings. The van der Waals surface area contributed by atoms with Gasteiger partial charge in [-0.1, -0.05) is 322 Å². The molecule has 424 valence electrons. The lowest BCUT2D eigenvalue weighted by Gasteiger charge is -2.19. The van der Waals surface area contributed by atoms with E-state index in [1.54, 1.807) is 0 Å². The van der Waals surface area contributed by atoms with Crippen molar-refractivity contribution in [2.24, 2.45) is 5.73 Å². The van der Waals surface area contributed by atoms with Crippen LogP contribution in [-0.4, -0.2) is 49.3 Å². The van der Waals surface area contributed by atoms with Gasteiger partial charge in [0.15, 0.2) is 6.10 Å². The van der Waals surface area contributed by atoms with E-state index in [0.717, 1.165) is 32.1 Å². The highest BCUT2D eigenvalue weighted by Crippen LogP contribution is 2.43. The Morgan fingerprint density at radius 2 is 0.606 bits per heavy atom. The number of phosphoric acid groups is 1. The second-order valence-corrected chi connectivity index (χ2v) is 23.1. The van der Waals surface area contributed by atoms with Crippen LogP contribution in [0, 0.1) is 0 Å². The van der Waals surface area contributed by atoms with E-state index in [1.807, 2.05) is 0 Å². The normalized spacial score (nSPS) is 12.9. The van der Waals surface area contributed by atoms with E-state index in [0.29, 0.717) is 6.42 Å². The van der Waals surface area contributed by atoms with Gasteiger partial charge in [0.2, 0.25) is 0 Å². The van der Waals surface area contributed by atoms with Crippen LogP contribution in [0.1, 0.15) is 348 Å². The zero-order valence-corrected chi connectivity index (χ0v) is 48.4. The van der Waals surface area contributed by atoms with Crippen molar-refractivity contribution in [3.8, 4) is 0 Å². The molecule has 0 radical (unpaired) electrons. The standard InChI is InChI=1S/C61H122NO8P/c1-3-5-7-9-11-13-15-17-19-21-23-24-25-26-27-28-29-30-31-32-33-34-36-38-40-42-44-46-48-50-52-54-61(64)70-59(58-69-71(65,66)68-56-55-62)57-67-60(63)53-51-49-47-45-43-41-39-37-35-22-20-18-16-14-12-10-8-6-4-2/h59H,3-58,62H2,1-2H3,(H,65,66). The van der Waals surface area contributed by atoms with Crippen molar-refractivity contribution in [1.82, 2.24) is 0 Å². The van der Waals surface area contributed by atoms with Crippen molar-refractivity contribution < 1.29 is 37.6 Å². The molecule has 2 unspecified atom stereocenters. The van der Waals surface area contributed by atoms with Gasteiger partial charge in [-0.15, -0.1) is 0 Å². The Morgan fingerprint density at radius 1 is 0.366 bits per heavy atom. The van der Waals surface area contributed by atoms with E-state index < -0.39 is 26.5 Å². The fourth-order valence-electron chi connectivity index (χ4n) is 9.82. The molecule has 0 aliphatic carbocycles. The van der Waals surface area contributed by atoms with Crippen LogP contribution in [0.4, 0.5) is 0 Å². The van der Waals surface area contributed by atoms with E-state index in [-0.39, 0.29) is 38.6 Å². The first-order valence-electron chi connectivity index (χ1n) is 31.5. The summed E-state index contributed by atoms with van der Waals surface area (Å²) in [6, 6.07) is 0. The Kier molecular flexibility index (Phi) is 57.5. The minimum absolute atomic E-state index is 0.0587. The number of rotatable bonds is 61. The maximum absolute atomic E-state index is 12.7. The van der Waals surface area contributed by atoms with Crippen LogP contribution >= 0.6 is 7.82 Å². The number of nitrogens with two attached hydrogens (primary N) is 1. The third kappa shape index (κ3) is 58.1. The molecule has 0 aliphatic heterocycles. The zero-order chi connectivity index (χ0) is 51.7. The maximum atomic E-state index is 12.7. The zero-order valence-electron chi connectivity index (χ0n) is 47.5. The van der Waals surface area contributed by atoms with E-state index in [1.165, 1.54) is 283 Å². The molecule has 0 aromatic heterocycles. The largest absolute Gasteiger partial charge is 0.472 e. The molecule has 0 heterocycles. The average molecular weight is 1030 g/mol. The lowest BCUT2D eigenvalue weighted by atomic mass is 10.0. The van der Waals surface area contributed by atoms with Crippen molar-refractivity contribution in [1.29, 1.82) is 0 Å². The van der Waals surface area contributed by atoms with Crippen molar-refractivity contribution in [3.05, 3.63) is 0 Å². The van der Waals surface area contributed by atoms with Gasteiger partial charge in [-0.25, -0.2) is 4.57 Å². The van der Waals surface area contributed by atoms with Crippen molar-refractivity contribution in [3.63, 3.8) is 0 Å². The second-order valence-electron chi connectivity index (χ2n) is 21.7. The van der Waals surface area contributed by atoms with Crippen molar-refractivity contribution >= 4 is 19.8 Å². The molecule has 10 heteroatoms. The fraction of sp³-hybridized carbons (Fsp3) is 0.967. The molecule has 0 spiro atoms. The Labute approximate surface area is 441 Å². The first kappa shape index (κ1) is 70.0. The monoisotopic (exact) mass is 1030 g/mol. The fourth-order valence-corrected chi connectivity index (χ4v) is 10.6. The Hall–Kier alpha value is -0.990. The highest BCUT2D eigenvalue weighted by atomic mass is 31.2. The summed E-state index contributed by atoms with van der Waals surface area (Å²) in [4.78, 5) is 35.2. The predicted molar refractivity (Wildman–Crippen MR) is 303 cm³/mol. The molecular formula is C61H122NO8P. The van der Waals surface area contributed by atoms with E-state index in [9.17, 15) is 19.0 Å². The third-order valence-corrected chi connectivity index (χ3v) is 15.5. The van der Waals surface area contributed by atoms with Crippen LogP contribution in [0.2, 0.25) is 0 Å². The van der Waals surface area contributed by atoms with Gasteiger partial charge in [-0.05, 0) is 12.8 Å². The molecule has 9 nitrogen and oxygen atoms in total. The van der Waals surface area contributed by atoms with E-state index >= 15 is 0 Å². The quantitative estimate of drug-likeness (QED) is 0.0347. The number of carbonyl (C=O) groups is 2. The second kappa shape index (κ2) is 58.3. The number of unbranched alkanes of at least 4 members (excludes halogenated alkanes) is 48. The number of carbonyl (C=O) groups excluding carboxylic acids is 2. The number of ether oxygens (including phenoxy) is 2. The minimum atomic E-state index is -4.38. The summed E-state index contributed by atoms with van der Waals surface area (Å²) in [7, 11) is -4.38. The van der Waals surface area contributed by atoms with Gasteiger partial charge in [-0.2, -0.15) is 0 Å². The van der Waals surface area contributed by atoms with Crippen LogP contribution in [0.5, 0.6) is 0 Å². The van der Waals surface area contributed by atoms with Crippen LogP contribution in [0.15, 0.2) is 0 Å². The molecular weight excluding hydrogens is 906 g/mol. The lowest BCUT2D eigenvalue weighted by Crippen LogP contribution is -2.29. The molecule has 0 amide bonds. The molecule has 71 heavy (non-hydrogen) atoms. The summed E-state index contributed by atoms with van der Waals surface area (Å²) in [5.41, 5.74) is 5.39. The highest BCUT2D eigenvalue weighted by Gasteiger charge is 2.26. The van der Waals surface area contributed by atoms with Gasteiger partial charge in [0.05, 0.1) is 13.2 Å². The molecule has 0 fully saturated rings. The molecule has 0 saturated carbocycles. The number of phosphoric ester groups is 1. The SMILES string of the molecule is CCCCCCCCCCCCCCCCCCCCCCCCCCCCCCCCCC(=O)OC(COC(=O)CCCCCCCCCCCCCCCCCCCCC)COP(=O)(O)OCCN. The number of hydrogen-bond acceptors (Lipinski definition) is 8. The van der Waals surface area contributed by atoms with Gasteiger partial charge in [0, 0.05) is 19.4 Å². The van der Waals surface area contributed by atoms with E-state index in [4.69, 9.17) is 24.3 Å². The Morgan fingerprint density at radius 3 is 0.859 bits per heavy atom. The van der Waals surface area contributed by atoms with Gasteiger partial charge >= 0.3 is 19.8 Å². The summed E-state index contributed by atoms with van der Waals surface area (Å²) in [5, 5.41) is 0. The number of esters is 2. The molecule has 3 N–H and O–H groups in total. The third-order valence-electron chi connectivity index (χ3n) is 14.5. The molecule has 0 aromatic carbocycles. The van der Waals surface area contributed by atoms with Crippen molar-refractivity contribution in [2.75, 3.05) is 26.4 Å². The van der Waals surface area contributed by atoms with Gasteiger partial charge in [-0.3, -0.25) is 18.6 Å². The summed E-state index contributed by atoms with van der Waals surface area (Å²) >= 11 is 0. The van der Waals surface area contributed by atoms with Crippen LogP contribution in [0.3, 0.4) is 0 Å². The summed E-state index contributed by atoms with van der Waals surface area (Å²) in [5.74, 6) is -0.801. The van der Waals surface area contributed by atoms with Gasteiger partial charge in [0.25, 0.3) is 0 Å². The van der Waals surface area contributed by atoms with Crippen LogP contribution < -0.4 is 5.73 Å². The maximum Gasteiger partial charge on any atom is 0.472 e. The van der Waals surface area contributed by atoms with Gasteiger partial charge in [0.1, 0.15) is 6.61 Å². The highest BCUT2D eigenvalue weighted by molar-refractivity contribution is 7.47. The Balaban J connectivity index is 3.82. The first-order chi connectivity index (χ1) is 34.8. The topological polar surface area (TPSA) is 134 Å². The summed E-state index contributed by atoms with van der Waals surface area (Å²) < 4.78 is 33.1. The minimum Gasteiger partial charge on any atom is -0.462 e. The molecule has 0 saturated heterocycles. The smallest absolute Gasteiger partial charge is 0.462 e. The molecule has 0 aliphatic rings. The number of hydrogen-bond donors (Lipinski definition) is 2. The summed E-state index contributed by atoms with van der Waals surface area (Å²) in [6.07, 6.45) is 66.1. The predicted octanol–water partition coefficient (Wildman–Crippen LogP) is 19.9.